The Balaban J connectivity index is 2.85. The van der Waals surface area contributed by atoms with E-state index in [0.29, 0.717) is 23.7 Å². The minimum atomic E-state index is -0.563. The van der Waals surface area contributed by atoms with Gasteiger partial charge in [-0.05, 0) is 38.5 Å². The maximum Gasteiger partial charge on any atom is 0.318 e. The molecule has 0 aromatic heterocycles. The van der Waals surface area contributed by atoms with E-state index in [2.05, 4.69) is 11.9 Å². The van der Waals surface area contributed by atoms with E-state index in [9.17, 15) is 9.18 Å². The predicted octanol–water partition coefficient (Wildman–Crippen LogP) is 4.80. The molecule has 0 bridgehead atoms. The van der Waals surface area contributed by atoms with E-state index < -0.39 is 11.9 Å². The van der Waals surface area contributed by atoms with E-state index in [1.54, 1.807) is 11.8 Å². The Hall–Kier alpha value is -1.26. The molecule has 3 nitrogen and oxygen atoms in total. The van der Waals surface area contributed by atoms with Crippen molar-refractivity contribution in [2.24, 2.45) is 0 Å². The van der Waals surface area contributed by atoms with Crippen molar-refractivity contribution in [2.45, 2.75) is 26.8 Å². The van der Waals surface area contributed by atoms with Crippen molar-refractivity contribution in [1.29, 1.82) is 0 Å². The van der Waals surface area contributed by atoms with Gasteiger partial charge in [-0.1, -0.05) is 35.4 Å². The summed E-state index contributed by atoms with van der Waals surface area (Å²) in [5, 5.41) is 3.07. The van der Waals surface area contributed by atoms with Crippen LogP contribution in [0, 0.1) is 5.82 Å². The lowest BCUT2D eigenvalue weighted by atomic mass is 10.1. The molecule has 21 heavy (non-hydrogen) atoms. The van der Waals surface area contributed by atoms with Crippen molar-refractivity contribution in [3.63, 3.8) is 0 Å². The standard InChI is InChI=1S/C15H19Cl2FN2O/c1-5-20(8-9(2)3)15(21)19-10(4)11-6-14(18)13(17)7-12(11)16/h6-7,10H,2,5,8H2,1,3-4H3,(H,19,21). The molecule has 0 aliphatic rings. The van der Waals surface area contributed by atoms with Gasteiger partial charge < -0.3 is 10.2 Å². The van der Waals surface area contributed by atoms with Crippen LogP contribution in [0.15, 0.2) is 24.3 Å². The third kappa shape index (κ3) is 4.90. The summed E-state index contributed by atoms with van der Waals surface area (Å²) in [5.41, 5.74) is 1.37. The van der Waals surface area contributed by atoms with E-state index in [1.165, 1.54) is 12.1 Å². The molecular formula is C15H19Cl2FN2O. The van der Waals surface area contributed by atoms with Gasteiger partial charge in [-0.2, -0.15) is 0 Å². The molecule has 0 saturated heterocycles. The van der Waals surface area contributed by atoms with Gasteiger partial charge in [0.25, 0.3) is 0 Å². The molecular weight excluding hydrogens is 314 g/mol. The molecule has 1 atom stereocenters. The Morgan fingerprint density at radius 3 is 2.57 bits per heavy atom. The summed E-state index contributed by atoms with van der Waals surface area (Å²) < 4.78 is 13.5. The number of nitrogens with one attached hydrogen (secondary N) is 1. The average Bonchev–Trinajstić information content (AvgIpc) is 2.39. The van der Waals surface area contributed by atoms with Gasteiger partial charge in [0.1, 0.15) is 5.82 Å². The van der Waals surface area contributed by atoms with Crippen molar-refractivity contribution in [2.75, 3.05) is 13.1 Å². The zero-order chi connectivity index (χ0) is 16.2. The fraction of sp³-hybridized carbons (Fsp3) is 0.400. The highest BCUT2D eigenvalue weighted by molar-refractivity contribution is 6.35. The minimum Gasteiger partial charge on any atom is -0.331 e. The van der Waals surface area contributed by atoms with Crippen molar-refractivity contribution in [3.8, 4) is 0 Å². The van der Waals surface area contributed by atoms with Crippen LogP contribution in [-0.2, 0) is 0 Å². The molecule has 1 unspecified atom stereocenters. The van der Waals surface area contributed by atoms with Crippen LogP contribution in [0.1, 0.15) is 32.4 Å². The van der Waals surface area contributed by atoms with Crippen LogP contribution in [0.5, 0.6) is 0 Å². The molecule has 2 amide bonds. The molecule has 0 spiro atoms. The monoisotopic (exact) mass is 332 g/mol. The Morgan fingerprint density at radius 1 is 1.43 bits per heavy atom. The molecule has 0 aliphatic carbocycles. The van der Waals surface area contributed by atoms with Crippen LogP contribution in [0.25, 0.3) is 0 Å². The molecule has 116 valence electrons. The number of nitrogens with zero attached hydrogens (tertiary/aromatic N) is 1. The number of benzene rings is 1. The number of rotatable bonds is 5. The molecule has 1 aromatic rings. The molecule has 1 N–H and O–H groups in total. The largest absolute Gasteiger partial charge is 0.331 e. The second-order valence-electron chi connectivity index (χ2n) is 4.93. The van der Waals surface area contributed by atoms with Gasteiger partial charge in [0, 0.05) is 18.1 Å². The van der Waals surface area contributed by atoms with E-state index in [1.807, 2.05) is 13.8 Å². The van der Waals surface area contributed by atoms with Crippen LogP contribution in [0.3, 0.4) is 0 Å². The first-order valence-electron chi connectivity index (χ1n) is 6.60. The van der Waals surface area contributed by atoms with Gasteiger partial charge in [-0.25, -0.2) is 9.18 Å². The Morgan fingerprint density at radius 2 is 2.05 bits per heavy atom. The fourth-order valence-corrected chi connectivity index (χ4v) is 2.42. The first kappa shape index (κ1) is 17.8. The number of likely N-dealkylation sites (N-methyl/N-ethyl adjacent to an activating group) is 1. The van der Waals surface area contributed by atoms with Crippen molar-refractivity contribution >= 4 is 29.2 Å². The zero-order valence-corrected chi connectivity index (χ0v) is 13.9. The predicted molar refractivity (Wildman–Crippen MR) is 85.4 cm³/mol. The molecule has 1 rings (SSSR count). The van der Waals surface area contributed by atoms with Gasteiger partial charge in [0.2, 0.25) is 0 Å². The van der Waals surface area contributed by atoms with Crippen molar-refractivity contribution in [1.82, 2.24) is 10.2 Å². The highest BCUT2D eigenvalue weighted by Gasteiger charge is 2.18. The average molecular weight is 333 g/mol. The van der Waals surface area contributed by atoms with E-state index in [4.69, 9.17) is 23.2 Å². The topological polar surface area (TPSA) is 32.3 Å². The maximum absolute atomic E-state index is 13.5. The van der Waals surface area contributed by atoms with Crippen LogP contribution in [0.4, 0.5) is 9.18 Å². The molecule has 1 aromatic carbocycles. The Labute approximate surface area is 134 Å². The first-order valence-corrected chi connectivity index (χ1v) is 7.36. The number of carbonyl (C=O) groups excluding carboxylic acids is 1. The SMILES string of the molecule is C=C(C)CN(CC)C(=O)NC(C)c1cc(F)c(Cl)cc1Cl. The number of urea groups is 1. The first-order chi connectivity index (χ1) is 9.76. The number of halogens is 3. The molecule has 0 saturated carbocycles. The zero-order valence-electron chi connectivity index (χ0n) is 12.3. The minimum absolute atomic E-state index is 0.0419. The number of carbonyl (C=O) groups is 1. The number of hydrogen-bond acceptors (Lipinski definition) is 1. The molecule has 0 aliphatic heterocycles. The van der Waals surface area contributed by atoms with E-state index in [-0.39, 0.29) is 11.1 Å². The normalized spacial score (nSPS) is 11.9. The number of amides is 2. The summed E-state index contributed by atoms with van der Waals surface area (Å²) >= 11 is 11.7. The summed E-state index contributed by atoms with van der Waals surface area (Å²) in [6.07, 6.45) is 0. The second kappa shape index (κ2) is 7.66. The Kier molecular flexibility index (Phi) is 6.49. The maximum atomic E-state index is 13.5. The third-order valence-electron chi connectivity index (χ3n) is 2.98. The van der Waals surface area contributed by atoms with Gasteiger partial charge >= 0.3 is 6.03 Å². The van der Waals surface area contributed by atoms with Crippen LogP contribution < -0.4 is 5.32 Å². The summed E-state index contributed by atoms with van der Waals surface area (Å²) in [7, 11) is 0. The van der Waals surface area contributed by atoms with Crippen LogP contribution in [-0.4, -0.2) is 24.0 Å². The molecule has 0 heterocycles. The van der Waals surface area contributed by atoms with Crippen LogP contribution >= 0.6 is 23.2 Å². The molecule has 0 fully saturated rings. The lowest BCUT2D eigenvalue weighted by molar-refractivity contribution is 0.201. The van der Waals surface area contributed by atoms with Gasteiger partial charge in [-0.3, -0.25) is 0 Å². The van der Waals surface area contributed by atoms with Crippen molar-refractivity contribution in [3.05, 3.63) is 45.7 Å². The lowest BCUT2D eigenvalue weighted by Gasteiger charge is -2.24. The Bertz CT molecular complexity index is 549. The third-order valence-corrected chi connectivity index (χ3v) is 3.59. The van der Waals surface area contributed by atoms with E-state index >= 15 is 0 Å². The van der Waals surface area contributed by atoms with Gasteiger partial charge in [-0.15, -0.1) is 0 Å². The van der Waals surface area contributed by atoms with Gasteiger partial charge in [0.15, 0.2) is 0 Å². The smallest absolute Gasteiger partial charge is 0.318 e. The number of hydrogen-bond donors (Lipinski definition) is 1. The second-order valence-corrected chi connectivity index (χ2v) is 5.74. The quantitative estimate of drug-likeness (QED) is 0.609. The summed E-state index contributed by atoms with van der Waals surface area (Å²) in [6, 6.07) is 1.89. The van der Waals surface area contributed by atoms with Crippen molar-refractivity contribution < 1.29 is 9.18 Å². The molecule has 0 radical (unpaired) electrons. The fourth-order valence-electron chi connectivity index (χ4n) is 1.88. The van der Waals surface area contributed by atoms with E-state index in [0.717, 1.165) is 5.57 Å². The van der Waals surface area contributed by atoms with Crippen LogP contribution in [0.2, 0.25) is 10.0 Å². The summed E-state index contributed by atoms with van der Waals surface area (Å²) in [4.78, 5) is 13.8. The molecule has 6 heteroatoms. The summed E-state index contributed by atoms with van der Waals surface area (Å²) in [6.45, 7) is 10.3. The highest BCUT2D eigenvalue weighted by atomic mass is 35.5. The van der Waals surface area contributed by atoms with Gasteiger partial charge in [0.05, 0.1) is 11.1 Å². The summed E-state index contributed by atoms with van der Waals surface area (Å²) in [5.74, 6) is -0.563. The lowest BCUT2D eigenvalue weighted by Crippen LogP contribution is -2.41. The highest BCUT2D eigenvalue weighted by Crippen LogP contribution is 2.28.